The van der Waals surface area contributed by atoms with Gasteiger partial charge in [0.1, 0.15) is 0 Å². The van der Waals surface area contributed by atoms with Gasteiger partial charge in [0.05, 0.1) is 6.10 Å². The summed E-state index contributed by atoms with van der Waals surface area (Å²) < 4.78 is 0. The van der Waals surface area contributed by atoms with E-state index in [2.05, 4.69) is 5.32 Å². The Kier molecular flexibility index (Phi) is 4.50. The molecule has 1 rings (SSSR count). The predicted octanol–water partition coefficient (Wildman–Crippen LogP) is 2.40. The van der Waals surface area contributed by atoms with Crippen LogP contribution < -0.4 is 5.32 Å². The van der Waals surface area contributed by atoms with Gasteiger partial charge in [-0.15, -0.1) is 0 Å². The number of carbonyl (C=O) groups is 1. The van der Waals surface area contributed by atoms with Crippen molar-refractivity contribution < 1.29 is 9.90 Å². The Hall–Kier alpha value is -1.35. The maximum absolute atomic E-state index is 11.5. The Balaban J connectivity index is 2.56. The van der Waals surface area contributed by atoms with E-state index in [0.717, 1.165) is 11.3 Å². The van der Waals surface area contributed by atoms with Crippen LogP contribution in [0.5, 0.6) is 0 Å². The highest BCUT2D eigenvalue weighted by molar-refractivity contribution is 5.91. The number of aliphatic hydroxyl groups excluding tert-OH is 1. The number of anilines is 1. The molecule has 3 nitrogen and oxygen atoms in total. The van der Waals surface area contributed by atoms with Crippen LogP contribution in [-0.4, -0.2) is 17.1 Å². The third-order valence-corrected chi connectivity index (χ3v) is 2.45. The molecule has 0 aliphatic rings. The molecule has 0 saturated carbocycles. The van der Waals surface area contributed by atoms with Gasteiger partial charge in [-0.2, -0.15) is 0 Å². The standard InChI is InChI=1S/C13H19NO2/c1-9-4-6-12(10(2)8-9)14-13(16)7-5-11(3)15/h4,6,8,11,15H,5,7H2,1-3H3,(H,14,16). The molecule has 0 spiro atoms. The summed E-state index contributed by atoms with van der Waals surface area (Å²) in [5.41, 5.74) is 3.09. The Bertz CT molecular complexity index is 372. The van der Waals surface area contributed by atoms with Crippen molar-refractivity contribution in [3.8, 4) is 0 Å². The molecular weight excluding hydrogens is 202 g/mol. The number of carbonyl (C=O) groups excluding carboxylic acids is 1. The van der Waals surface area contributed by atoms with Gasteiger partial charge in [0.25, 0.3) is 0 Å². The SMILES string of the molecule is Cc1ccc(NC(=O)CCC(C)O)c(C)c1. The molecule has 0 fully saturated rings. The number of amides is 1. The number of benzene rings is 1. The zero-order valence-electron chi connectivity index (χ0n) is 10.1. The lowest BCUT2D eigenvalue weighted by atomic mass is 10.1. The normalized spacial score (nSPS) is 12.2. The van der Waals surface area contributed by atoms with Crippen molar-refractivity contribution in [3.63, 3.8) is 0 Å². The van der Waals surface area contributed by atoms with Crippen molar-refractivity contribution in [3.05, 3.63) is 29.3 Å². The van der Waals surface area contributed by atoms with Crippen molar-refractivity contribution in [1.29, 1.82) is 0 Å². The van der Waals surface area contributed by atoms with Crippen LogP contribution in [0.2, 0.25) is 0 Å². The van der Waals surface area contributed by atoms with Gasteiger partial charge in [0.15, 0.2) is 0 Å². The van der Waals surface area contributed by atoms with E-state index in [1.165, 1.54) is 5.56 Å². The van der Waals surface area contributed by atoms with Gasteiger partial charge in [-0.3, -0.25) is 4.79 Å². The van der Waals surface area contributed by atoms with Gasteiger partial charge >= 0.3 is 0 Å². The van der Waals surface area contributed by atoms with Crippen LogP contribution >= 0.6 is 0 Å². The zero-order chi connectivity index (χ0) is 12.1. The third-order valence-electron chi connectivity index (χ3n) is 2.45. The minimum atomic E-state index is -0.426. The second kappa shape index (κ2) is 5.66. The van der Waals surface area contributed by atoms with Crippen LogP contribution in [0.4, 0.5) is 5.69 Å². The average Bonchev–Trinajstić information content (AvgIpc) is 2.19. The van der Waals surface area contributed by atoms with Crippen LogP contribution in [0.25, 0.3) is 0 Å². The Labute approximate surface area is 96.5 Å². The third kappa shape index (κ3) is 4.03. The molecule has 1 unspecified atom stereocenters. The number of hydrogen-bond acceptors (Lipinski definition) is 2. The molecule has 0 aromatic heterocycles. The summed E-state index contributed by atoms with van der Waals surface area (Å²) in [4.78, 5) is 11.5. The summed E-state index contributed by atoms with van der Waals surface area (Å²) in [5, 5.41) is 11.9. The fourth-order valence-electron chi connectivity index (χ4n) is 1.51. The predicted molar refractivity (Wildman–Crippen MR) is 65.5 cm³/mol. The van der Waals surface area contributed by atoms with E-state index in [0.29, 0.717) is 12.8 Å². The molecule has 0 saturated heterocycles. The van der Waals surface area contributed by atoms with E-state index in [1.54, 1.807) is 6.92 Å². The van der Waals surface area contributed by atoms with Crippen LogP contribution in [0.15, 0.2) is 18.2 Å². The number of rotatable bonds is 4. The molecule has 1 aromatic rings. The molecule has 0 bridgehead atoms. The molecule has 1 atom stereocenters. The van der Waals surface area contributed by atoms with Crippen LogP contribution in [-0.2, 0) is 4.79 Å². The number of aliphatic hydroxyl groups is 1. The highest BCUT2D eigenvalue weighted by Crippen LogP contribution is 2.16. The molecule has 0 aliphatic carbocycles. The summed E-state index contributed by atoms with van der Waals surface area (Å²) >= 11 is 0. The number of aryl methyl sites for hydroxylation is 2. The van der Waals surface area contributed by atoms with Crippen LogP contribution in [0, 0.1) is 13.8 Å². The van der Waals surface area contributed by atoms with Gasteiger partial charge in [0.2, 0.25) is 5.91 Å². The lowest BCUT2D eigenvalue weighted by Gasteiger charge is -2.09. The molecule has 16 heavy (non-hydrogen) atoms. The molecule has 3 heteroatoms. The molecule has 0 heterocycles. The van der Waals surface area contributed by atoms with E-state index >= 15 is 0 Å². The monoisotopic (exact) mass is 221 g/mol. The average molecular weight is 221 g/mol. The molecule has 0 aliphatic heterocycles. The molecule has 1 aromatic carbocycles. The minimum Gasteiger partial charge on any atom is -0.393 e. The molecule has 88 valence electrons. The van der Waals surface area contributed by atoms with Crippen molar-refractivity contribution in [2.24, 2.45) is 0 Å². The highest BCUT2D eigenvalue weighted by Gasteiger charge is 2.06. The number of hydrogen-bond donors (Lipinski definition) is 2. The van der Waals surface area contributed by atoms with Gasteiger partial charge in [-0.1, -0.05) is 17.7 Å². The number of nitrogens with one attached hydrogen (secondary N) is 1. The largest absolute Gasteiger partial charge is 0.393 e. The first-order valence-corrected chi connectivity index (χ1v) is 5.54. The van der Waals surface area contributed by atoms with Crippen molar-refractivity contribution in [2.45, 2.75) is 39.7 Å². The first-order chi connectivity index (χ1) is 7.49. The molecule has 2 N–H and O–H groups in total. The topological polar surface area (TPSA) is 49.3 Å². The summed E-state index contributed by atoms with van der Waals surface area (Å²) in [6.45, 7) is 5.67. The van der Waals surface area contributed by atoms with Crippen LogP contribution in [0.1, 0.15) is 30.9 Å². The van der Waals surface area contributed by atoms with Crippen molar-refractivity contribution >= 4 is 11.6 Å². The van der Waals surface area contributed by atoms with E-state index in [4.69, 9.17) is 5.11 Å². The Morgan fingerprint density at radius 2 is 2.12 bits per heavy atom. The van der Waals surface area contributed by atoms with Crippen LogP contribution in [0.3, 0.4) is 0 Å². The van der Waals surface area contributed by atoms with Gasteiger partial charge < -0.3 is 10.4 Å². The van der Waals surface area contributed by atoms with Crippen molar-refractivity contribution in [1.82, 2.24) is 0 Å². The summed E-state index contributed by atoms with van der Waals surface area (Å²) in [5.74, 6) is -0.0483. The van der Waals surface area contributed by atoms with Gasteiger partial charge in [-0.25, -0.2) is 0 Å². The zero-order valence-corrected chi connectivity index (χ0v) is 10.1. The summed E-state index contributed by atoms with van der Waals surface area (Å²) in [6, 6.07) is 5.91. The quantitative estimate of drug-likeness (QED) is 0.820. The van der Waals surface area contributed by atoms with E-state index in [-0.39, 0.29) is 5.91 Å². The van der Waals surface area contributed by atoms with E-state index < -0.39 is 6.10 Å². The molecule has 1 amide bonds. The fraction of sp³-hybridized carbons (Fsp3) is 0.462. The maximum Gasteiger partial charge on any atom is 0.224 e. The van der Waals surface area contributed by atoms with Gasteiger partial charge in [0, 0.05) is 12.1 Å². The maximum atomic E-state index is 11.5. The highest BCUT2D eigenvalue weighted by atomic mass is 16.3. The van der Waals surface area contributed by atoms with E-state index in [1.807, 2.05) is 32.0 Å². The first-order valence-electron chi connectivity index (χ1n) is 5.54. The molecular formula is C13H19NO2. The lowest BCUT2D eigenvalue weighted by Crippen LogP contribution is -2.14. The summed E-state index contributed by atoms with van der Waals surface area (Å²) in [7, 11) is 0. The Morgan fingerprint density at radius 1 is 1.44 bits per heavy atom. The van der Waals surface area contributed by atoms with Gasteiger partial charge in [-0.05, 0) is 38.8 Å². The smallest absolute Gasteiger partial charge is 0.224 e. The molecule has 0 radical (unpaired) electrons. The second-order valence-electron chi connectivity index (χ2n) is 4.25. The minimum absolute atomic E-state index is 0.0483. The Morgan fingerprint density at radius 3 is 2.69 bits per heavy atom. The van der Waals surface area contributed by atoms with E-state index in [9.17, 15) is 4.79 Å². The van der Waals surface area contributed by atoms with Crippen molar-refractivity contribution in [2.75, 3.05) is 5.32 Å². The first kappa shape index (κ1) is 12.7. The lowest BCUT2D eigenvalue weighted by molar-refractivity contribution is -0.116. The second-order valence-corrected chi connectivity index (χ2v) is 4.25. The fourth-order valence-corrected chi connectivity index (χ4v) is 1.51. The summed E-state index contributed by atoms with van der Waals surface area (Å²) in [6.07, 6.45) is 0.423.